The largest absolute Gasteiger partial charge is 0.444 e. The van der Waals surface area contributed by atoms with Crippen molar-refractivity contribution < 1.29 is 9.21 Å². The average Bonchev–Trinajstić information content (AvgIpc) is 3.20. The summed E-state index contributed by atoms with van der Waals surface area (Å²) in [6.45, 7) is 7.57. The van der Waals surface area contributed by atoms with Crippen LogP contribution in [0.1, 0.15) is 29.0 Å². The summed E-state index contributed by atoms with van der Waals surface area (Å²) >= 11 is 3.28. The molecule has 2 aliphatic heterocycles. The van der Waals surface area contributed by atoms with Gasteiger partial charge in [0.15, 0.2) is 10.4 Å². The van der Waals surface area contributed by atoms with Crippen molar-refractivity contribution in [1.29, 1.82) is 0 Å². The number of anilines is 1. The molecule has 2 aliphatic rings. The second kappa shape index (κ2) is 6.46. The average molecular weight is 401 g/mol. The molecule has 25 heavy (non-hydrogen) atoms. The Labute approximate surface area is 156 Å². The lowest BCUT2D eigenvalue weighted by Gasteiger charge is -2.39. The summed E-state index contributed by atoms with van der Waals surface area (Å²) in [4.78, 5) is 17.3. The third kappa shape index (κ3) is 2.85. The Kier molecular flexibility index (Phi) is 4.29. The SMILES string of the molecule is C=CCN1CCC2(CC1)CN(C(=O)c1ccc(Br)o1)c1ccccc12. The third-order valence-electron chi connectivity index (χ3n) is 5.46. The van der Waals surface area contributed by atoms with Crippen LogP contribution in [-0.2, 0) is 5.41 Å². The van der Waals surface area contributed by atoms with Crippen molar-refractivity contribution in [1.82, 2.24) is 4.90 Å². The van der Waals surface area contributed by atoms with E-state index in [2.05, 4.69) is 45.6 Å². The summed E-state index contributed by atoms with van der Waals surface area (Å²) < 4.78 is 6.08. The summed E-state index contributed by atoms with van der Waals surface area (Å²) in [5.41, 5.74) is 2.37. The minimum Gasteiger partial charge on any atom is -0.444 e. The van der Waals surface area contributed by atoms with Crippen LogP contribution >= 0.6 is 15.9 Å². The second-order valence-corrected chi connectivity index (χ2v) is 7.66. The van der Waals surface area contributed by atoms with Gasteiger partial charge in [0.05, 0.1) is 0 Å². The lowest BCUT2D eigenvalue weighted by atomic mass is 9.74. The number of hydrogen-bond acceptors (Lipinski definition) is 3. The van der Waals surface area contributed by atoms with Crippen molar-refractivity contribution in [2.45, 2.75) is 18.3 Å². The first-order valence-electron chi connectivity index (χ1n) is 8.63. The van der Waals surface area contributed by atoms with Crippen LogP contribution in [-0.4, -0.2) is 37.0 Å². The van der Waals surface area contributed by atoms with Crippen molar-refractivity contribution in [2.75, 3.05) is 31.1 Å². The summed E-state index contributed by atoms with van der Waals surface area (Å²) in [6.07, 6.45) is 4.08. The topological polar surface area (TPSA) is 36.7 Å². The molecule has 0 aliphatic carbocycles. The van der Waals surface area contributed by atoms with Crippen LogP contribution < -0.4 is 4.90 Å². The summed E-state index contributed by atoms with van der Waals surface area (Å²) in [7, 11) is 0. The molecule has 1 spiro atoms. The molecule has 0 bridgehead atoms. The van der Waals surface area contributed by atoms with Crippen molar-refractivity contribution in [3.63, 3.8) is 0 Å². The fraction of sp³-hybridized carbons (Fsp3) is 0.350. The molecule has 5 heteroatoms. The predicted molar refractivity (Wildman–Crippen MR) is 102 cm³/mol. The quantitative estimate of drug-likeness (QED) is 0.723. The highest BCUT2D eigenvalue weighted by atomic mass is 79.9. The van der Waals surface area contributed by atoms with Gasteiger partial charge in [0.25, 0.3) is 5.91 Å². The standard InChI is InChI=1S/C20H21BrN2O2/c1-2-11-22-12-9-20(10-13-22)14-23(16-6-4-3-5-15(16)20)19(24)17-7-8-18(21)25-17/h2-8H,1,9-14H2. The smallest absolute Gasteiger partial charge is 0.294 e. The van der Waals surface area contributed by atoms with Gasteiger partial charge in [0.1, 0.15) is 0 Å². The number of benzene rings is 1. The van der Waals surface area contributed by atoms with E-state index in [1.165, 1.54) is 5.56 Å². The fourth-order valence-corrected chi connectivity index (χ4v) is 4.45. The fourth-order valence-electron chi connectivity index (χ4n) is 4.15. The van der Waals surface area contributed by atoms with E-state index in [0.29, 0.717) is 10.4 Å². The van der Waals surface area contributed by atoms with Gasteiger partial charge in [-0.3, -0.25) is 9.69 Å². The first kappa shape index (κ1) is 16.6. The van der Waals surface area contributed by atoms with E-state index in [1.807, 2.05) is 17.0 Å². The molecule has 0 radical (unpaired) electrons. The summed E-state index contributed by atoms with van der Waals surface area (Å²) in [5.74, 6) is 0.311. The van der Waals surface area contributed by atoms with Crippen molar-refractivity contribution in [2.24, 2.45) is 0 Å². The number of nitrogens with zero attached hydrogens (tertiary/aromatic N) is 2. The Balaban J connectivity index is 1.64. The van der Waals surface area contributed by atoms with E-state index in [1.54, 1.807) is 12.1 Å². The number of furan rings is 1. The van der Waals surface area contributed by atoms with Crippen LogP contribution in [0.5, 0.6) is 0 Å². The maximum absolute atomic E-state index is 13.0. The molecule has 130 valence electrons. The molecule has 1 saturated heterocycles. The van der Waals surface area contributed by atoms with Crippen LogP contribution in [0.2, 0.25) is 0 Å². The maximum atomic E-state index is 13.0. The molecule has 1 aromatic heterocycles. The van der Waals surface area contributed by atoms with Gasteiger partial charge in [-0.2, -0.15) is 0 Å². The molecule has 1 aromatic carbocycles. The molecule has 0 saturated carbocycles. The Morgan fingerprint density at radius 2 is 2.00 bits per heavy atom. The van der Waals surface area contributed by atoms with Crippen LogP contribution in [0.3, 0.4) is 0 Å². The van der Waals surface area contributed by atoms with Crippen molar-refractivity contribution >= 4 is 27.5 Å². The molecule has 3 heterocycles. The Morgan fingerprint density at radius 3 is 2.68 bits per heavy atom. The maximum Gasteiger partial charge on any atom is 0.294 e. The molecule has 2 aromatic rings. The Hall–Kier alpha value is -1.85. The van der Waals surface area contributed by atoms with Crippen LogP contribution in [0.15, 0.2) is 58.1 Å². The van der Waals surface area contributed by atoms with E-state index < -0.39 is 0 Å². The van der Waals surface area contributed by atoms with Gasteiger partial charge < -0.3 is 9.32 Å². The Bertz CT molecular complexity index is 806. The number of amides is 1. The van der Waals surface area contributed by atoms with Gasteiger partial charge in [0, 0.05) is 24.2 Å². The number of rotatable bonds is 3. The van der Waals surface area contributed by atoms with E-state index >= 15 is 0 Å². The van der Waals surface area contributed by atoms with Gasteiger partial charge in [0.2, 0.25) is 0 Å². The first-order valence-corrected chi connectivity index (χ1v) is 9.42. The van der Waals surface area contributed by atoms with Crippen LogP contribution in [0.4, 0.5) is 5.69 Å². The molecule has 1 fully saturated rings. The Morgan fingerprint density at radius 1 is 1.24 bits per heavy atom. The minimum atomic E-state index is -0.0662. The number of fused-ring (bicyclic) bond motifs is 2. The highest BCUT2D eigenvalue weighted by Crippen LogP contribution is 2.47. The minimum absolute atomic E-state index is 0.0494. The molecular formula is C20H21BrN2O2. The van der Waals surface area contributed by atoms with E-state index in [4.69, 9.17) is 4.42 Å². The molecule has 4 nitrogen and oxygen atoms in total. The zero-order chi connectivity index (χ0) is 17.4. The van der Waals surface area contributed by atoms with Gasteiger partial charge in [-0.05, 0) is 65.6 Å². The lowest BCUT2D eigenvalue weighted by Crippen LogP contribution is -2.46. The van der Waals surface area contributed by atoms with E-state index in [0.717, 1.165) is 44.7 Å². The van der Waals surface area contributed by atoms with Gasteiger partial charge in [-0.1, -0.05) is 24.3 Å². The van der Waals surface area contributed by atoms with Gasteiger partial charge in [-0.15, -0.1) is 6.58 Å². The number of carbonyl (C=O) groups excluding carboxylic acids is 1. The number of piperidine rings is 1. The zero-order valence-corrected chi connectivity index (χ0v) is 15.7. The monoisotopic (exact) mass is 400 g/mol. The van der Waals surface area contributed by atoms with Crippen LogP contribution in [0, 0.1) is 0 Å². The normalized spacial score (nSPS) is 19.2. The molecule has 0 N–H and O–H groups in total. The third-order valence-corrected chi connectivity index (χ3v) is 5.88. The second-order valence-electron chi connectivity index (χ2n) is 6.88. The van der Waals surface area contributed by atoms with Crippen LogP contribution in [0.25, 0.3) is 0 Å². The molecule has 4 rings (SSSR count). The van der Waals surface area contributed by atoms with E-state index in [9.17, 15) is 4.79 Å². The lowest BCUT2D eigenvalue weighted by molar-refractivity contribution is 0.0950. The number of likely N-dealkylation sites (tertiary alicyclic amines) is 1. The van der Waals surface area contributed by atoms with E-state index in [-0.39, 0.29) is 11.3 Å². The molecule has 1 amide bonds. The first-order chi connectivity index (χ1) is 12.1. The summed E-state index contributed by atoms with van der Waals surface area (Å²) in [5, 5.41) is 0. The number of hydrogen-bond donors (Lipinski definition) is 0. The van der Waals surface area contributed by atoms with Crippen molar-refractivity contribution in [3.05, 3.63) is 65.0 Å². The number of halogens is 1. The highest BCUT2D eigenvalue weighted by Gasteiger charge is 2.46. The highest BCUT2D eigenvalue weighted by molar-refractivity contribution is 9.10. The number of para-hydroxylation sites is 1. The van der Waals surface area contributed by atoms with Gasteiger partial charge in [-0.25, -0.2) is 0 Å². The van der Waals surface area contributed by atoms with Crippen molar-refractivity contribution in [3.8, 4) is 0 Å². The zero-order valence-electron chi connectivity index (χ0n) is 14.1. The number of carbonyl (C=O) groups is 1. The molecular weight excluding hydrogens is 380 g/mol. The molecule has 0 unspecified atom stereocenters. The van der Waals surface area contributed by atoms with Gasteiger partial charge >= 0.3 is 0 Å². The summed E-state index contributed by atoms with van der Waals surface area (Å²) in [6, 6.07) is 11.8. The molecule has 0 atom stereocenters. The predicted octanol–water partition coefficient (Wildman–Crippen LogP) is 4.22.